The molecule has 2 rings (SSSR count). The normalized spacial score (nSPS) is 13.2. The lowest BCUT2D eigenvalue weighted by Crippen LogP contribution is -2.22. The Labute approximate surface area is 142 Å². The number of aryl methyl sites for hydroxylation is 3. The lowest BCUT2D eigenvalue weighted by atomic mass is 10.0. The van der Waals surface area contributed by atoms with Crippen molar-refractivity contribution in [1.82, 2.24) is 0 Å². The molecule has 1 atom stereocenters. The highest BCUT2D eigenvalue weighted by atomic mass is 31.2. The molecule has 2 aromatic rings. The SMILES string of the molecule is CCOC(=O)P(=O)(C(=O)c1c(C)cc(C)cc1C)c1ccccc1. The van der Waals surface area contributed by atoms with Crippen LogP contribution in [-0.4, -0.2) is 17.8 Å². The van der Waals surface area contributed by atoms with Gasteiger partial charge in [-0.25, -0.2) is 4.79 Å². The van der Waals surface area contributed by atoms with E-state index < -0.39 is 18.4 Å². The fraction of sp³-hybridized carbons (Fsp3) is 0.263. The first-order chi connectivity index (χ1) is 11.3. The van der Waals surface area contributed by atoms with Crippen molar-refractivity contribution in [2.24, 2.45) is 0 Å². The zero-order valence-corrected chi connectivity index (χ0v) is 15.2. The van der Waals surface area contributed by atoms with Gasteiger partial charge in [-0.1, -0.05) is 48.0 Å². The molecular formula is C19H21O4P. The Balaban J connectivity index is 2.68. The van der Waals surface area contributed by atoms with Crippen LogP contribution in [0.5, 0.6) is 0 Å². The van der Waals surface area contributed by atoms with E-state index in [-0.39, 0.29) is 11.9 Å². The molecule has 126 valence electrons. The molecule has 0 radical (unpaired) electrons. The van der Waals surface area contributed by atoms with Gasteiger partial charge in [0.25, 0.3) is 7.14 Å². The molecule has 2 aromatic carbocycles. The van der Waals surface area contributed by atoms with Crippen LogP contribution in [0.15, 0.2) is 42.5 Å². The van der Waals surface area contributed by atoms with Gasteiger partial charge in [-0.05, 0) is 38.8 Å². The molecular weight excluding hydrogens is 323 g/mol. The number of rotatable bonds is 5. The number of carbonyl (C=O) groups is 2. The average Bonchev–Trinajstić information content (AvgIpc) is 2.54. The molecule has 5 heteroatoms. The van der Waals surface area contributed by atoms with Crippen molar-refractivity contribution in [2.75, 3.05) is 6.61 Å². The lowest BCUT2D eigenvalue weighted by Gasteiger charge is -2.18. The molecule has 0 bridgehead atoms. The second-order valence-electron chi connectivity index (χ2n) is 5.72. The van der Waals surface area contributed by atoms with Gasteiger partial charge in [0, 0.05) is 10.9 Å². The second-order valence-corrected chi connectivity index (χ2v) is 8.23. The summed E-state index contributed by atoms with van der Waals surface area (Å²) in [7, 11) is -4.06. The third kappa shape index (κ3) is 3.20. The first kappa shape index (κ1) is 18.2. The van der Waals surface area contributed by atoms with Crippen molar-refractivity contribution in [3.8, 4) is 0 Å². The summed E-state index contributed by atoms with van der Waals surface area (Å²) in [6, 6.07) is 11.8. The van der Waals surface area contributed by atoms with Gasteiger partial charge >= 0.3 is 5.71 Å². The number of benzene rings is 2. The molecule has 1 unspecified atom stereocenters. The Morgan fingerprint density at radius 1 is 1.00 bits per heavy atom. The van der Waals surface area contributed by atoms with E-state index in [0.29, 0.717) is 16.7 Å². The molecule has 4 nitrogen and oxygen atoms in total. The minimum Gasteiger partial charge on any atom is -0.460 e. The van der Waals surface area contributed by atoms with E-state index in [0.717, 1.165) is 5.56 Å². The summed E-state index contributed by atoms with van der Waals surface area (Å²) in [4.78, 5) is 25.6. The number of hydrogen-bond donors (Lipinski definition) is 0. The van der Waals surface area contributed by atoms with Crippen LogP contribution in [0.2, 0.25) is 0 Å². The first-order valence-electron chi connectivity index (χ1n) is 7.78. The van der Waals surface area contributed by atoms with E-state index in [9.17, 15) is 14.2 Å². The van der Waals surface area contributed by atoms with E-state index in [1.165, 1.54) is 12.1 Å². The molecule has 0 N–H and O–H groups in total. The van der Waals surface area contributed by atoms with Gasteiger partial charge in [-0.15, -0.1) is 0 Å². The summed E-state index contributed by atoms with van der Waals surface area (Å²) in [6.07, 6.45) is 0. The van der Waals surface area contributed by atoms with Crippen molar-refractivity contribution in [2.45, 2.75) is 27.7 Å². The van der Waals surface area contributed by atoms with Crippen molar-refractivity contribution in [3.63, 3.8) is 0 Å². The van der Waals surface area contributed by atoms with E-state index in [1.54, 1.807) is 39.0 Å². The first-order valence-corrected chi connectivity index (χ1v) is 9.48. The number of carbonyl (C=O) groups excluding carboxylic acids is 2. The van der Waals surface area contributed by atoms with Gasteiger partial charge in [0.1, 0.15) is 0 Å². The third-order valence-electron chi connectivity index (χ3n) is 3.82. The van der Waals surface area contributed by atoms with Crippen LogP contribution >= 0.6 is 7.14 Å². The van der Waals surface area contributed by atoms with Crippen LogP contribution < -0.4 is 5.30 Å². The molecule has 0 spiro atoms. The highest BCUT2D eigenvalue weighted by molar-refractivity contribution is 8.00. The monoisotopic (exact) mass is 344 g/mol. The van der Waals surface area contributed by atoms with E-state index in [4.69, 9.17) is 4.74 Å². The van der Waals surface area contributed by atoms with Gasteiger partial charge in [0.2, 0.25) is 5.52 Å². The maximum atomic E-state index is 13.6. The predicted octanol–water partition coefficient (Wildman–Crippen LogP) is 4.60. The molecule has 0 saturated carbocycles. The largest absolute Gasteiger partial charge is 0.460 e. The van der Waals surface area contributed by atoms with Crippen LogP contribution in [-0.2, 0) is 9.30 Å². The van der Waals surface area contributed by atoms with Gasteiger partial charge in [0.05, 0.1) is 6.61 Å². The fourth-order valence-electron chi connectivity index (χ4n) is 2.83. The molecule has 24 heavy (non-hydrogen) atoms. The zero-order chi connectivity index (χ0) is 17.9. The molecule has 0 heterocycles. The molecule has 0 amide bonds. The summed E-state index contributed by atoms with van der Waals surface area (Å²) >= 11 is 0. The van der Waals surface area contributed by atoms with Gasteiger partial charge in [-0.3, -0.25) is 9.36 Å². The van der Waals surface area contributed by atoms with E-state index >= 15 is 0 Å². The molecule has 0 aromatic heterocycles. The Morgan fingerprint density at radius 3 is 2.04 bits per heavy atom. The summed E-state index contributed by atoms with van der Waals surface area (Å²) < 4.78 is 18.6. The van der Waals surface area contributed by atoms with Crippen molar-refractivity contribution < 1.29 is 18.9 Å². The van der Waals surface area contributed by atoms with E-state index in [1.807, 2.05) is 19.1 Å². The summed E-state index contributed by atoms with van der Waals surface area (Å²) in [5.41, 5.74) is 1.13. The van der Waals surface area contributed by atoms with Gasteiger partial charge < -0.3 is 4.74 Å². The Morgan fingerprint density at radius 2 is 1.54 bits per heavy atom. The molecule has 0 saturated heterocycles. The summed E-state index contributed by atoms with van der Waals surface area (Å²) in [6.45, 7) is 7.19. The van der Waals surface area contributed by atoms with Crippen LogP contribution in [0.3, 0.4) is 0 Å². The molecule has 0 aliphatic carbocycles. The quantitative estimate of drug-likeness (QED) is 0.744. The molecule has 0 aliphatic heterocycles. The molecule has 0 fully saturated rings. The fourth-order valence-corrected chi connectivity index (χ4v) is 5.01. The number of ether oxygens (including phenoxy) is 1. The third-order valence-corrected chi connectivity index (χ3v) is 6.29. The van der Waals surface area contributed by atoms with Crippen molar-refractivity contribution in [1.29, 1.82) is 0 Å². The smallest absolute Gasteiger partial charge is 0.376 e. The van der Waals surface area contributed by atoms with Crippen molar-refractivity contribution >= 4 is 23.7 Å². The summed E-state index contributed by atoms with van der Waals surface area (Å²) in [5.74, 6) is 0. The Bertz CT molecular complexity index is 802. The number of hydrogen-bond acceptors (Lipinski definition) is 4. The van der Waals surface area contributed by atoms with Gasteiger partial charge in [-0.2, -0.15) is 0 Å². The molecule has 0 aliphatic rings. The highest BCUT2D eigenvalue weighted by Crippen LogP contribution is 2.50. The van der Waals surface area contributed by atoms with Crippen molar-refractivity contribution in [3.05, 3.63) is 64.7 Å². The Hall–Kier alpha value is -2.19. The van der Waals surface area contributed by atoms with Crippen LogP contribution in [0.4, 0.5) is 4.79 Å². The summed E-state index contributed by atoms with van der Waals surface area (Å²) in [5, 5.41) is 0.202. The van der Waals surface area contributed by atoms with Crippen LogP contribution in [0.1, 0.15) is 34.0 Å². The Kier molecular flexibility index (Phi) is 5.40. The maximum Gasteiger partial charge on any atom is 0.376 e. The lowest BCUT2D eigenvalue weighted by molar-refractivity contribution is 0.107. The minimum absolute atomic E-state index is 0.0643. The second kappa shape index (κ2) is 7.14. The maximum absolute atomic E-state index is 13.6. The standard InChI is InChI=1S/C19H21O4P/c1-5-23-19(21)24(22,16-9-7-6-8-10-16)18(20)17-14(3)11-13(2)12-15(17)4/h6-12H,5H2,1-4H3. The van der Waals surface area contributed by atoms with E-state index in [2.05, 4.69) is 0 Å². The van der Waals surface area contributed by atoms with Gasteiger partial charge in [0.15, 0.2) is 0 Å². The van der Waals surface area contributed by atoms with Crippen LogP contribution in [0.25, 0.3) is 0 Å². The topological polar surface area (TPSA) is 60.4 Å². The average molecular weight is 344 g/mol. The predicted molar refractivity (Wildman–Crippen MR) is 95.7 cm³/mol. The highest BCUT2D eigenvalue weighted by Gasteiger charge is 2.44. The minimum atomic E-state index is -4.06. The van der Waals surface area contributed by atoms with Crippen LogP contribution in [0, 0.1) is 20.8 Å². The zero-order valence-electron chi connectivity index (χ0n) is 14.3.